The number of para-hydroxylation sites is 1. The molecule has 1 aromatic carbocycles. The molecule has 2 aromatic rings. The number of ether oxygens (including phenoxy) is 1. The molecule has 26 heavy (non-hydrogen) atoms. The Morgan fingerprint density at radius 3 is 2.50 bits per heavy atom. The minimum absolute atomic E-state index is 0.0316. The van der Waals surface area contributed by atoms with Gasteiger partial charge in [0.05, 0.1) is 17.9 Å². The largest absolute Gasteiger partial charge is 0.493 e. The van der Waals surface area contributed by atoms with Crippen molar-refractivity contribution in [1.82, 2.24) is 9.88 Å². The number of carbonyl (C=O) groups excluding carboxylic acids is 1. The van der Waals surface area contributed by atoms with Crippen molar-refractivity contribution in [3.63, 3.8) is 0 Å². The highest BCUT2D eigenvalue weighted by atomic mass is 16.5. The smallest absolute Gasteiger partial charge is 0.257 e. The lowest BCUT2D eigenvalue weighted by Gasteiger charge is -2.21. The minimum Gasteiger partial charge on any atom is -0.493 e. The number of nitrogens with zero attached hydrogens (tertiary/aromatic N) is 2. The van der Waals surface area contributed by atoms with Gasteiger partial charge in [-0.05, 0) is 32.9 Å². The number of carbonyl (C=O) groups is 1. The number of hydrogen-bond donors (Lipinski definition) is 0. The zero-order valence-corrected chi connectivity index (χ0v) is 16.8. The molecule has 5 nitrogen and oxygen atoms in total. The number of aromatic nitrogens is 1. The van der Waals surface area contributed by atoms with E-state index < -0.39 is 0 Å². The fourth-order valence-electron chi connectivity index (χ4n) is 2.98. The second kappa shape index (κ2) is 8.39. The van der Waals surface area contributed by atoms with Gasteiger partial charge in [-0.1, -0.05) is 32.9 Å². The van der Waals surface area contributed by atoms with Crippen molar-refractivity contribution in [2.45, 2.75) is 53.4 Å². The molecule has 0 unspecified atom stereocenters. The molecule has 5 heteroatoms. The second-order valence-corrected chi connectivity index (χ2v) is 7.33. The summed E-state index contributed by atoms with van der Waals surface area (Å²) < 4.78 is 11.4. The number of oxazole rings is 1. The molecule has 0 saturated heterocycles. The van der Waals surface area contributed by atoms with Crippen LogP contribution in [0.1, 0.15) is 62.3 Å². The Bertz CT molecular complexity index is 744. The molecular weight excluding hydrogens is 328 g/mol. The van der Waals surface area contributed by atoms with Gasteiger partial charge in [0.25, 0.3) is 5.91 Å². The Morgan fingerprint density at radius 2 is 1.92 bits per heavy atom. The van der Waals surface area contributed by atoms with E-state index >= 15 is 0 Å². The molecule has 0 aliphatic heterocycles. The summed E-state index contributed by atoms with van der Waals surface area (Å²) in [7, 11) is 0. The van der Waals surface area contributed by atoms with Gasteiger partial charge in [0.2, 0.25) is 0 Å². The second-order valence-electron chi connectivity index (χ2n) is 7.33. The summed E-state index contributed by atoms with van der Waals surface area (Å²) in [5.74, 6) is 2.12. The van der Waals surface area contributed by atoms with Crippen LogP contribution >= 0.6 is 0 Å². The molecule has 0 bridgehead atoms. The molecule has 0 N–H and O–H groups in total. The van der Waals surface area contributed by atoms with Gasteiger partial charge >= 0.3 is 0 Å². The van der Waals surface area contributed by atoms with Crippen LogP contribution in [0.2, 0.25) is 0 Å². The number of rotatable bonds is 7. The first-order valence-electron chi connectivity index (χ1n) is 9.25. The monoisotopic (exact) mass is 358 g/mol. The molecule has 0 atom stereocenters. The average molecular weight is 358 g/mol. The van der Waals surface area contributed by atoms with Gasteiger partial charge in [0.1, 0.15) is 11.5 Å². The van der Waals surface area contributed by atoms with Gasteiger partial charge in [0, 0.05) is 24.9 Å². The van der Waals surface area contributed by atoms with Crippen LogP contribution in [0.3, 0.4) is 0 Å². The highest BCUT2D eigenvalue weighted by Crippen LogP contribution is 2.26. The Kier molecular flexibility index (Phi) is 6.46. The van der Waals surface area contributed by atoms with E-state index in [1.807, 2.05) is 45.0 Å². The number of hydrogen-bond acceptors (Lipinski definition) is 4. The molecule has 0 spiro atoms. The molecule has 142 valence electrons. The predicted octanol–water partition coefficient (Wildman–Crippen LogP) is 4.38. The van der Waals surface area contributed by atoms with Crippen LogP contribution in [0.15, 0.2) is 28.7 Å². The highest BCUT2D eigenvalue weighted by Gasteiger charge is 2.23. The van der Waals surface area contributed by atoms with Gasteiger partial charge in [-0.2, -0.15) is 0 Å². The zero-order chi connectivity index (χ0) is 19.3. The van der Waals surface area contributed by atoms with Crippen LogP contribution in [0, 0.1) is 6.92 Å². The summed E-state index contributed by atoms with van der Waals surface area (Å²) >= 11 is 0. The first kappa shape index (κ1) is 20.0. The third kappa shape index (κ3) is 4.65. The lowest BCUT2D eigenvalue weighted by atomic mass is 9.91. The fourth-order valence-corrected chi connectivity index (χ4v) is 2.98. The van der Waals surface area contributed by atoms with E-state index in [2.05, 4.69) is 25.8 Å². The van der Waals surface area contributed by atoms with E-state index in [1.165, 1.54) is 0 Å². The summed E-state index contributed by atoms with van der Waals surface area (Å²) in [4.78, 5) is 19.4. The van der Waals surface area contributed by atoms with Gasteiger partial charge < -0.3 is 14.1 Å². The van der Waals surface area contributed by atoms with E-state index in [9.17, 15) is 4.79 Å². The van der Waals surface area contributed by atoms with E-state index in [0.717, 1.165) is 11.5 Å². The van der Waals surface area contributed by atoms with Crippen LogP contribution < -0.4 is 4.74 Å². The molecular formula is C21H30N2O3. The van der Waals surface area contributed by atoms with Crippen molar-refractivity contribution in [1.29, 1.82) is 0 Å². The molecule has 0 saturated carbocycles. The average Bonchev–Trinajstić information content (AvgIpc) is 2.97. The standard InChI is InChI=1S/C21H30N2O3/c1-7-23(20(24)16-11-9-10-12-17(16)25-8-2)14-13-18-22-19(15(3)26-18)21(4,5)6/h9-12H,7-8,13-14H2,1-6H3. The predicted molar refractivity (Wildman–Crippen MR) is 103 cm³/mol. The highest BCUT2D eigenvalue weighted by molar-refractivity contribution is 5.96. The zero-order valence-electron chi connectivity index (χ0n) is 16.8. The van der Waals surface area contributed by atoms with Gasteiger partial charge in [-0.15, -0.1) is 0 Å². The number of likely N-dealkylation sites (N-methyl/N-ethyl adjacent to an activating group) is 1. The van der Waals surface area contributed by atoms with Crippen LogP contribution in [-0.2, 0) is 11.8 Å². The lowest BCUT2D eigenvalue weighted by Crippen LogP contribution is -2.33. The third-order valence-electron chi connectivity index (χ3n) is 4.23. The van der Waals surface area contributed by atoms with E-state index in [-0.39, 0.29) is 11.3 Å². The number of benzene rings is 1. The maximum atomic E-state index is 12.9. The van der Waals surface area contributed by atoms with Crippen molar-refractivity contribution in [2.24, 2.45) is 0 Å². The Hall–Kier alpha value is -2.30. The first-order chi connectivity index (χ1) is 12.3. The summed E-state index contributed by atoms with van der Waals surface area (Å²) in [5, 5.41) is 0. The first-order valence-corrected chi connectivity index (χ1v) is 9.25. The topological polar surface area (TPSA) is 55.6 Å². The van der Waals surface area contributed by atoms with Crippen molar-refractivity contribution in [3.05, 3.63) is 47.2 Å². The quantitative estimate of drug-likeness (QED) is 0.737. The maximum absolute atomic E-state index is 12.9. The SMILES string of the molecule is CCOc1ccccc1C(=O)N(CC)CCc1nc(C(C)(C)C)c(C)o1. The number of amides is 1. The molecule has 1 amide bonds. The van der Waals surface area contributed by atoms with E-state index in [4.69, 9.17) is 9.15 Å². The van der Waals surface area contributed by atoms with E-state index in [0.29, 0.717) is 43.3 Å². The molecule has 0 aliphatic rings. The van der Waals surface area contributed by atoms with Crippen LogP contribution in [0.25, 0.3) is 0 Å². The molecule has 0 radical (unpaired) electrons. The Labute approximate surface area is 156 Å². The van der Waals surface area contributed by atoms with Crippen LogP contribution in [-0.4, -0.2) is 35.5 Å². The van der Waals surface area contributed by atoms with Crippen LogP contribution in [0.4, 0.5) is 0 Å². The lowest BCUT2D eigenvalue weighted by molar-refractivity contribution is 0.0759. The van der Waals surface area contributed by atoms with Crippen molar-refractivity contribution in [3.8, 4) is 5.75 Å². The third-order valence-corrected chi connectivity index (χ3v) is 4.23. The molecule has 1 aromatic heterocycles. The van der Waals surface area contributed by atoms with Crippen molar-refractivity contribution in [2.75, 3.05) is 19.7 Å². The molecule has 0 aliphatic carbocycles. The minimum atomic E-state index is -0.0530. The summed E-state index contributed by atoms with van der Waals surface area (Å²) in [5.41, 5.74) is 1.52. The summed E-state index contributed by atoms with van der Waals surface area (Å²) in [6, 6.07) is 7.37. The Morgan fingerprint density at radius 1 is 1.23 bits per heavy atom. The fraction of sp³-hybridized carbons (Fsp3) is 0.524. The number of aryl methyl sites for hydroxylation is 1. The van der Waals surface area contributed by atoms with Gasteiger partial charge in [0.15, 0.2) is 5.89 Å². The van der Waals surface area contributed by atoms with Crippen LogP contribution in [0.5, 0.6) is 5.75 Å². The maximum Gasteiger partial charge on any atom is 0.257 e. The normalized spacial score (nSPS) is 11.5. The van der Waals surface area contributed by atoms with Crippen molar-refractivity contribution < 1.29 is 13.9 Å². The van der Waals surface area contributed by atoms with E-state index in [1.54, 1.807) is 4.90 Å². The molecule has 2 rings (SSSR count). The Balaban J connectivity index is 2.12. The summed E-state index contributed by atoms with van der Waals surface area (Å²) in [6.07, 6.45) is 0.591. The summed E-state index contributed by atoms with van der Waals surface area (Å²) in [6.45, 7) is 13.9. The molecule has 1 heterocycles. The van der Waals surface area contributed by atoms with Gasteiger partial charge in [-0.25, -0.2) is 4.98 Å². The molecule has 0 fully saturated rings. The van der Waals surface area contributed by atoms with Crippen molar-refractivity contribution >= 4 is 5.91 Å². The van der Waals surface area contributed by atoms with Gasteiger partial charge in [-0.3, -0.25) is 4.79 Å².